The Morgan fingerprint density at radius 3 is 2.86 bits per heavy atom. The summed E-state index contributed by atoms with van der Waals surface area (Å²) in [5, 5.41) is 6.89. The van der Waals surface area contributed by atoms with Gasteiger partial charge in [0.1, 0.15) is 5.82 Å². The predicted molar refractivity (Wildman–Crippen MR) is 60.8 cm³/mol. The maximum atomic E-state index is 5.99. The van der Waals surface area contributed by atoms with E-state index in [2.05, 4.69) is 22.5 Å². The molecule has 2 N–H and O–H groups in total. The Morgan fingerprint density at radius 1 is 1.50 bits per heavy atom. The van der Waals surface area contributed by atoms with Crippen LogP contribution in [0.25, 0.3) is 0 Å². The number of nitrogens with one attached hydrogen (secondary N) is 2. The van der Waals surface area contributed by atoms with Crippen molar-refractivity contribution in [2.45, 2.75) is 19.9 Å². The molecule has 0 radical (unpaired) electrons. The molecule has 3 nitrogen and oxygen atoms in total. The van der Waals surface area contributed by atoms with Gasteiger partial charge in [-0.05, 0) is 24.6 Å². The van der Waals surface area contributed by atoms with Crippen molar-refractivity contribution >= 4 is 17.4 Å². The van der Waals surface area contributed by atoms with Gasteiger partial charge in [-0.1, -0.05) is 18.5 Å². The molecule has 0 aliphatic carbocycles. The van der Waals surface area contributed by atoms with E-state index in [1.165, 1.54) is 0 Å². The van der Waals surface area contributed by atoms with E-state index in [0.29, 0.717) is 5.02 Å². The normalized spacial score (nSPS) is 10.2. The Hall–Kier alpha value is -0.800. The molecule has 0 spiro atoms. The van der Waals surface area contributed by atoms with E-state index in [1.54, 1.807) is 0 Å². The third kappa shape index (κ3) is 3.16. The first-order valence-electron chi connectivity index (χ1n) is 4.80. The summed E-state index contributed by atoms with van der Waals surface area (Å²) in [6.45, 7) is 3.98. The zero-order chi connectivity index (χ0) is 10.4. The van der Waals surface area contributed by atoms with Gasteiger partial charge < -0.3 is 10.6 Å². The van der Waals surface area contributed by atoms with Crippen LogP contribution in [0.2, 0.25) is 5.02 Å². The van der Waals surface area contributed by atoms with Crippen LogP contribution in [-0.2, 0) is 6.54 Å². The molecule has 0 saturated carbocycles. The Balaban J connectivity index is 2.57. The summed E-state index contributed by atoms with van der Waals surface area (Å²) in [6, 6.07) is 1.93. The number of pyridine rings is 1. The molecule has 1 aromatic heterocycles. The minimum Gasteiger partial charge on any atom is -0.372 e. The summed E-state index contributed by atoms with van der Waals surface area (Å²) in [6.07, 6.45) is 2.97. The van der Waals surface area contributed by atoms with Crippen LogP contribution >= 0.6 is 11.6 Å². The van der Waals surface area contributed by atoms with Crippen molar-refractivity contribution < 1.29 is 0 Å². The first kappa shape index (κ1) is 11.3. The fourth-order valence-corrected chi connectivity index (χ4v) is 1.45. The van der Waals surface area contributed by atoms with Crippen LogP contribution in [-0.4, -0.2) is 18.6 Å². The highest BCUT2D eigenvalue weighted by Crippen LogP contribution is 2.19. The van der Waals surface area contributed by atoms with Crippen molar-refractivity contribution in [2.75, 3.05) is 18.9 Å². The number of rotatable bonds is 5. The van der Waals surface area contributed by atoms with E-state index in [-0.39, 0.29) is 0 Å². The molecule has 0 bridgehead atoms. The van der Waals surface area contributed by atoms with Gasteiger partial charge in [0.2, 0.25) is 0 Å². The average Bonchev–Trinajstić information content (AvgIpc) is 2.18. The lowest BCUT2D eigenvalue weighted by Crippen LogP contribution is -2.14. The zero-order valence-electron chi connectivity index (χ0n) is 8.60. The molecule has 0 aliphatic heterocycles. The lowest BCUT2D eigenvalue weighted by molar-refractivity contribution is 0.674. The molecule has 0 atom stereocenters. The third-order valence-corrected chi connectivity index (χ3v) is 2.18. The van der Waals surface area contributed by atoms with Gasteiger partial charge in [0, 0.05) is 19.8 Å². The fourth-order valence-electron chi connectivity index (χ4n) is 1.17. The Labute approximate surface area is 89.9 Å². The second-order valence-corrected chi connectivity index (χ2v) is 3.51. The second-order valence-electron chi connectivity index (χ2n) is 3.10. The quantitative estimate of drug-likeness (QED) is 0.737. The topological polar surface area (TPSA) is 37.0 Å². The molecule has 0 unspecified atom stereocenters. The maximum Gasteiger partial charge on any atom is 0.144 e. The Morgan fingerprint density at radius 2 is 2.29 bits per heavy atom. The minimum absolute atomic E-state index is 0.670. The van der Waals surface area contributed by atoms with Crippen LogP contribution < -0.4 is 10.6 Å². The number of nitrogens with zero attached hydrogens (tertiary/aromatic N) is 1. The molecular formula is C10H16ClN3. The smallest absolute Gasteiger partial charge is 0.144 e. The molecule has 1 heterocycles. The van der Waals surface area contributed by atoms with Crippen LogP contribution in [0, 0.1) is 0 Å². The molecule has 4 heteroatoms. The lowest BCUT2D eigenvalue weighted by Gasteiger charge is -2.06. The van der Waals surface area contributed by atoms with Crippen LogP contribution in [0.1, 0.15) is 18.9 Å². The van der Waals surface area contributed by atoms with Crippen LogP contribution in [0.3, 0.4) is 0 Å². The number of hydrogen-bond donors (Lipinski definition) is 2. The van der Waals surface area contributed by atoms with E-state index in [1.807, 2.05) is 19.3 Å². The molecule has 1 rings (SSSR count). The van der Waals surface area contributed by atoms with E-state index in [4.69, 9.17) is 11.6 Å². The van der Waals surface area contributed by atoms with E-state index in [9.17, 15) is 0 Å². The lowest BCUT2D eigenvalue weighted by atomic mass is 10.3. The van der Waals surface area contributed by atoms with Gasteiger partial charge in [0.15, 0.2) is 0 Å². The van der Waals surface area contributed by atoms with Gasteiger partial charge in [0.25, 0.3) is 0 Å². The maximum absolute atomic E-state index is 5.99. The van der Waals surface area contributed by atoms with Crippen LogP contribution in [0.15, 0.2) is 12.3 Å². The SMILES string of the molecule is CCCNCc1cnc(NC)c(Cl)c1. The van der Waals surface area contributed by atoms with Crippen molar-refractivity contribution in [2.24, 2.45) is 0 Å². The van der Waals surface area contributed by atoms with Crippen LogP contribution in [0.5, 0.6) is 0 Å². The highest BCUT2D eigenvalue weighted by atomic mass is 35.5. The molecule has 0 aromatic carbocycles. The molecule has 1 aromatic rings. The average molecular weight is 214 g/mol. The number of aromatic nitrogens is 1. The first-order chi connectivity index (χ1) is 6.77. The molecule has 14 heavy (non-hydrogen) atoms. The van der Waals surface area contributed by atoms with Crippen molar-refractivity contribution in [3.05, 3.63) is 22.8 Å². The molecule has 0 aliphatic rings. The number of hydrogen-bond acceptors (Lipinski definition) is 3. The zero-order valence-corrected chi connectivity index (χ0v) is 9.36. The largest absolute Gasteiger partial charge is 0.372 e. The van der Waals surface area contributed by atoms with Crippen molar-refractivity contribution in [1.29, 1.82) is 0 Å². The molecule has 0 fully saturated rings. The standard InChI is InChI=1S/C10H16ClN3/c1-3-4-13-6-8-5-9(11)10(12-2)14-7-8/h5,7,13H,3-4,6H2,1-2H3,(H,12,14). The van der Waals surface area contributed by atoms with Crippen molar-refractivity contribution in [3.63, 3.8) is 0 Å². The first-order valence-corrected chi connectivity index (χ1v) is 5.18. The van der Waals surface area contributed by atoms with E-state index < -0.39 is 0 Å². The summed E-state index contributed by atoms with van der Waals surface area (Å²) in [4.78, 5) is 4.19. The van der Waals surface area contributed by atoms with Gasteiger partial charge in [-0.15, -0.1) is 0 Å². The molecule has 0 amide bonds. The highest BCUT2D eigenvalue weighted by Gasteiger charge is 2.00. The summed E-state index contributed by atoms with van der Waals surface area (Å²) >= 11 is 5.99. The van der Waals surface area contributed by atoms with Gasteiger partial charge in [0.05, 0.1) is 5.02 Å². The van der Waals surface area contributed by atoms with Gasteiger partial charge >= 0.3 is 0 Å². The van der Waals surface area contributed by atoms with Gasteiger partial charge in [-0.2, -0.15) is 0 Å². The highest BCUT2D eigenvalue weighted by molar-refractivity contribution is 6.32. The molecular weight excluding hydrogens is 198 g/mol. The predicted octanol–water partition coefficient (Wildman–Crippen LogP) is 2.28. The third-order valence-electron chi connectivity index (χ3n) is 1.89. The molecule has 78 valence electrons. The molecule has 0 saturated heterocycles. The van der Waals surface area contributed by atoms with Crippen LogP contribution in [0.4, 0.5) is 5.82 Å². The second kappa shape index (κ2) is 5.83. The van der Waals surface area contributed by atoms with E-state index >= 15 is 0 Å². The van der Waals surface area contributed by atoms with Gasteiger partial charge in [-0.25, -0.2) is 4.98 Å². The number of anilines is 1. The number of halogens is 1. The monoisotopic (exact) mass is 213 g/mol. The summed E-state index contributed by atoms with van der Waals surface area (Å²) in [5.41, 5.74) is 1.11. The fraction of sp³-hybridized carbons (Fsp3) is 0.500. The van der Waals surface area contributed by atoms with Gasteiger partial charge in [-0.3, -0.25) is 0 Å². The summed E-state index contributed by atoms with van der Waals surface area (Å²) in [7, 11) is 1.81. The summed E-state index contributed by atoms with van der Waals surface area (Å²) < 4.78 is 0. The van der Waals surface area contributed by atoms with Crippen molar-refractivity contribution in [3.8, 4) is 0 Å². The summed E-state index contributed by atoms with van der Waals surface area (Å²) in [5.74, 6) is 0.728. The Bertz CT molecular complexity index is 289. The minimum atomic E-state index is 0.670. The Kier molecular flexibility index (Phi) is 4.70. The van der Waals surface area contributed by atoms with Crippen molar-refractivity contribution in [1.82, 2.24) is 10.3 Å². The van der Waals surface area contributed by atoms with E-state index in [0.717, 1.165) is 30.9 Å².